The molecule has 0 bridgehead atoms. The van der Waals surface area contributed by atoms with Crippen LogP contribution in [0.5, 0.6) is 0 Å². The second-order valence-corrected chi connectivity index (χ2v) is 4.11. The van der Waals surface area contributed by atoms with Gasteiger partial charge in [0, 0.05) is 13.0 Å². The Balaban J connectivity index is 2.54. The van der Waals surface area contributed by atoms with Crippen molar-refractivity contribution in [3.8, 4) is 0 Å². The monoisotopic (exact) mass is 211 g/mol. The molecule has 1 amide bonds. The minimum atomic E-state index is -0.907. The van der Waals surface area contributed by atoms with Gasteiger partial charge in [0.25, 0.3) is 5.91 Å². The van der Waals surface area contributed by atoms with Crippen LogP contribution in [-0.2, 0) is 6.42 Å². The van der Waals surface area contributed by atoms with Crippen molar-refractivity contribution >= 4 is 5.91 Å². The Labute approximate surface area is 89.3 Å². The molecule has 0 unspecified atom stereocenters. The zero-order valence-corrected chi connectivity index (χ0v) is 9.33. The molecule has 0 aliphatic heterocycles. The Hall–Kier alpha value is -1.29. The van der Waals surface area contributed by atoms with Gasteiger partial charge in [-0.2, -0.15) is 0 Å². The third kappa shape index (κ3) is 3.75. The molecule has 0 fully saturated rings. The largest absolute Gasteiger partial charge is 0.456 e. The van der Waals surface area contributed by atoms with Crippen molar-refractivity contribution in [1.82, 2.24) is 5.32 Å². The van der Waals surface area contributed by atoms with Crippen molar-refractivity contribution < 1.29 is 14.3 Å². The number of aliphatic hydroxyl groups is 1. The highest BCUT2D eigenvalue weighted by Gasteiger charge is 2.16. The van der Waals surface area contributed by atoms with Crippen LogP contribution in [0.4, 0.5) is 0 Å². The molecule has 1 heterocycles. The zero-order valence-electron chi connectivity index (χ0n) is 9.33. The van der Waals surface area contributed by atoms with E-state index in [1.807, 2.05) is 6.92 Å². The Morgan fingerprint density at radius 1 is 1.53 bits per heavy atom. The van der Waals surface area contributed by atoms with Gasteiger partial charge in [-0.25, -0.2) is 0 Å². The lowest BCUT2D eigenvalue weighted by Crippen LogP contribution is -2.38. The fourth-order valence-corrected chi connectivity index (χ4v) is 1.07. The summed E-state index contributed by atoms with van der Waals surface area (Å²) in [4.78, 5) is 11.5. The summed E-state index contributed by atoms with van der Waals surface area (Å²) in [6.45, 7) is 5.42. The number of carbonyl (C=O) groups is 1. The standard InChI is InChI=1S/C11H17NO3/c1-4-8-5-6-9(15-8)10(13)12-7-11(2,3)14/h5-6,14H,4,7H2,1-3H3,(H,12,13). The van der Waals surface area contributed by atoms with E-state index in [2.05, 4.69) is 5.32 Å². The van der Waals surface area contributed by atoms with Crippen molar-refractivity contribution in [2.24, 2.45) is 0 Å². The highest BCUT2D eigenvalue weighted by Crippen LogP contribution is 2.08. The van der Waals surface area contributed by atoms with Crippen molar-refractivity contribution in [1.29, 1.82) is 0 Å². The van der Waals surface area contributed by atoms with Crippen LogP contribution in [-0.4, -0.2) is 23.2 Å². The van der Waals surface area contributed by atoms with Crippen LogP contribution < -0.4 is 5.32 Å². The maximum Gasteiger partial charge on any atom is 0.287 e. The lowest BCUT2D eigenvalue weighted by molar-refractivity contribution is 0.0680. The van der Waals surface area contributed by atoms with Crippen molar-refractivity contribution in [3.63, 3.8) is 0 Å². The minimum absolute atomic E-state index is 0.202. The third-order valence-electron chi connectivity index (χ3n) is 1.92. The van der Waals surface area contributed by atoms with E-state index < -0.39 is 5.60 Å². The molecular formula is C11H17NO3. The van der Waals surface area contributed by atoms with Crippen LogP contribution in [0.3, 0.4) is 0 Å². The summed E-state index contributed by atoms with van der Waals surface area (Å²) in [6, 6.07) is 3.41. The number of hydrogen-bond acceptors (Lipinski definition) is 3. The second kappa shape index (κ2) is 4.49. The van der Waals surface area contributed by atoms with Crippen LogP contribution in [0, 0.1) is 0 Å². The number of furan rings is 1. The SMILES string of the molecule is CCc1ccc(C(=O)NCC(C)(C)O)o1. The fraction of sp³-hybridized carbons (Fsp3) is 0.545. The average molecular weight is 211 g/mol. The molecule has 0 aromatic carbocycles. The summed E-state index contributed by atoms with van der Waals surface area (Å²) < 4.78 is 5.27. The van der Waals surface area contributed by atoms with Gasteiger partial charge in [-0.15, -0.1) is 0 Å². The fourth-order valence-electron chi connectivity index (χ4n) is 1.07. The van der Waals surface area contributed by atoms with E-state index in [1.165, 1.54) is 0 Å². The molecule has 2 N–H and O–H groups in total. The molecule has 0 saturated carbocycles. The van der Waals surface area contributed by atoms with Gasteiger partial charge in [-0.05, 0) is 26.0 Å². The van der Waals surface area contributed by atoms with Crippen molar-refractivity contribution in [3.05, 3.63) is 23.7 Å². The smallest absolute Gasteiger partial charge is 0.287 e. The van der Waals surface area contributed by atoms with Gasteiger partial charge in [0.15, 0.2) is 5.76 Å². The maximum absolute atomic E-state index is 11.5. The first-order valence-electron chi connectivity index (χ1n) is 5.01. The summed E-state index contributed by atoms with van der Waals surface area (Å²) in [5, 5.41) is 12.0. The minimum Gasteiger partial charge on any atom is -0.456 e. The quantitative estimate of drug-likeness (QED) is 0.790. The van der Waals surface area contributed by atoms with Crippen molar-refractivity contribution in [2.75, 3.05) is 6.54 Å². The normalized spacial score (nSPS) is 11.5. The molecule has 1 aromatic rings. The van der Waals surface area contributed by atoms with Gasteiger partial charge >= 0.3 is 0 Å². The molecule has 1 aromatic heterocycles. The summed E-state index contributed by atoms with van der Waals surface area (Å²) >= 11 is 0. The third-order valence-corrected chi connectivity index (χ3v) is 1.92. The lowest BCUT2D eigenvalue weighted by Gasteiger charge is -2.16. The van der Waals surface area contributed by atoms with Gasteiger partial charge in [-0.1, -0.05) is 6.92 Å². The van der Waals surface area contributed by atoms with Gasteiger partial charge in [-0.3, -0.25) is 4.79 Å². The van der Waals surface area contributed by atoms with Gasteiger partial charge in [0.1, 0.15) is 5.76 Å². The molecule has 1 rings (SSSR count). The summed E-state index contributed by atoms with van der Waals surface area (Å²) in [6.07, 6.45) is 0.763. The molecule has 0 saturated heterocycles. The highest BCUT2D eigenvalue weighted by molar-refractivity contribution is 5.91. The van der Waals surface area contributed by atoms with Gasteiger partial charge in [0.05, 0.1) is 5.60 Å². The number of aryl methyl sites for hydroxylation is 1. The Morgan fingerprint density at radius 2 is 2.20 bits per heavy atom. The van der Waals surface area contributed by atoms with Crippen LogP contribution in [0.15, 0.2) is 16.5 Å². The predicted octanol–water partition coefficient (Wildman–Crippen LogP) is 1.34. The first-order chi connectivity index (χ1) is 6.92. The molecule has 0 aliphatic rings. The maximum atomic E-state index is 11.5. The number of hydrogen-bond donors (Lipinski definition) is 2. The van der Waals surface area contributed by atoms with E-state index in [4.69, 9.17) is 4.42 Å². The number of carbonyl (C=O) groups excluding carboxylic acids is 1. The summed E-state index contributed by atoms with van der Waals surface area (Å²) in [5.74, 6) is 0.774. The molecule has 0 aliphatic carbocycles. The number of nitrogens with one attached hydrogen (secondary N) is 1. The molecule has 0 radical (unpaired) electrons. The van der Waals surface area contributed by atoms with E-state index >= 15 is 0 Å². The molecule has 4 heteroatoms. The topological polar surface area (TPSA) is 62.5 Å². The van der Waals surface area contributed by atoms with E-state index in [9.17, 15) is 9.90 Å². The average Bonchev–Trinajstić information content (AvgIpc) is 2.61. The molecular weight excluding hydrogens is 194 g/mol. The van der Waals surface area contributed by atoms with Crippen LogP contribution in [0.2, 0.25) is 0 Å². The van der Waals surface area contributed by atoms with E-state index in [0.29, 0.717) is 0 Å². The van der Waals surface area contributed by atoms with E-state index in [1.54, 1.807) is 26.0 Å². The van der Waals surface area contributed by atoms with E-state index in [-0.39, 0.29) is 18.2 Å². The van der Waals surface area contributed by atoms with Crippen LogP contribution >= 0.6 is 0 Å². The van der Waals surface area contributed by atoms with Crippen molar-refractivity contribution in [2.45, 2.75) is 32.8 Å². The lowest BCUT2D eigenvalue weighted by atomic mass is 10.1. The van der Waals surface area contributed by atoms with Gasteiger partial charge in [0.2, 0.25) is 0 Å². The number of amides is 1. The second-order valence-electron chi connectivity index (χ2n) is 4.11. The van der Waals surface area contributed by atoms with E-state index in [0.717, 1.165) is 12.2 Å². The Kier molecular flexibility index (Phi) is 3.52. The molecule has 0 spiro atoms. The number of rotatable bonds is 4. The van der Waals surface area contributed by atoms with Crippen LogP contribution in [0.1, 0.15) is 37.1 Å². The first kappa shape index (κ1) is 11.8. The first-order valence-corrected chi connectivity index (χ1v) is 5.01. The highest BCUT2D eigenvalue weighted by atomic mass is 16.3. The summed E-state index contributed by atoms with van der Waals surface area (Å²) in [5.41, 5.74) is -0.907. The zero-order chi connectivity index (χ0) is 11.5. The van der Waals surface area contributed by atoms with Gasteiger partial charge < -0.3 is 14.8 Å². The molecule has 15 heavy (non-hydrogen) atoms. The Bertz CT molecular complexity index is 336. The Morgan fingerprint density at radius 3 is 2.67 bits per heavy atom. The molecule has 84 valence electrons. The summed E-state index contributed by atoms with van der Waals surface area (Å²) in [7, 11) is 0. The molecule has 4 nitrogen and oxygen atoms in total. The van der Waals surface area contributed by atoms with Crippen LogP contribution in [0.25, 0.3) is 0 Å². The molecule has 0 atom stereocenters. The predicted molar refractivity (Wildman–Crippen MR) is 56.7 cm³/mol.